The van der Waals surface area contributed by atoms with Crippen molar-refractivity contribution in [2.24, 2.45) is 46.3 Å². The van der Waals surface area contributed by atoms with E-state index in [0.29, 0.717) is 24.5 Å². The summed E-state index contributed by atoms with van der Waals surface area (Å²) >= 11 is 0. The molecule has 0 aromatic rings. The van der Waals surface area contributed by atoms with Crippen molar-refractivity contribution in [3.05, 3.63) is 46.0 Å². The van der Waals surface area contributed by atoms with Crippen molar-refractivity contribution in [2.45, 2.75) is 115 Å². The maximum absolute atomic E-state index is 14.5. The van der Waals surface area contributed by atoms with Crippen molar-refractivity contribution in [1.29, 1.82) is 0 Å². The summed E-state index contributed by atoms with van der Waals surface area (Å²) < 4.78 is 12.7. The highest BCUT2D eigenvalue weighted by atomic mass is 33.1. The average Bonchev–Trinajstić information content (AvgIpc) is 3.80. The Labute approximate surface area is 299 Å². The molecule has 9 rings (SSSR count). The number of allylic oxidation sites excluding steroid dienone is 5. The van der Waals surface area contributed by atoms with Crippen LogP contribution in [0.2, 0.25) is 0 Å². The number of rotatable bonds is 5. The molecule has 5 N–H and O–H groups in total. The highest BCUT2D eigenvalue weighted by molar-refractivity contribution is 8.76. The third-order valence-corrected chi connectivity index (χ3v) is 16.5. The molecular weight excluding hydrogens is 657 g/mol. The monoisotopic (exact) mass is 711 g/mol. The minimum absolute atomic E-state index is 0.0390. The summed E-state index contributed by atoms with van der Waals surface area (Å²) in [7, 11) is 3.17. The molecule has 9 atom stereocenters. The smallest absolute Gasteiger partial charge is 0.340 e. The Morgan fingerprint density at radius 1 is 1.12 bits per heavy atom. The molecule has 1 spiro atoms. The van der Waals surface area contributed by atoms with Crippen LogP contribution in [-0.4, -0.2) is 52.8 Å². The van der Waals surface area contributed by atoms with Crippen molar-refractivity contribution < 1.29 is 34.6 Å². The van der Waals surface area contributed by atoms with Crippen LogP contribution in [0.25, 0.3) is 0 Å². The first-order chi connectivity index (χ1) is 23.8. The number of nitrogens with one attached hydrogen (secondary N) is 1. The topological polar surface area (TPSA) is 122 Å². The van der Waals surface area contributed by atoms with E-state index in [1.807, 2.05) is 0 Å². The van der Waals surface area contributed by atoms with Gasteiger partial charge in [0.05, 0.1) is 23.4 Å². The van der Waals surface area contributed by atoms with Crippen LogP contribution in [0, 0.1) is 46.3 Å². The predicted octanol–water partition coefficient (Wildman–Crippen LogP) is 5.84. The molecular formula is C39H55N2O6S2+. The minimum Gasteiger partial charge on any atom is -0.427 e. The van der Waals surface area contributed by atoms with E-state index < -0.39 is 10.9 Å². The van der Waals surface area contributed by atoms with Crippen LogP contribution in [-0.2, 0) is 19.1 Å². The summed E-state index contributed by atoms with van der Waals surface area (Å²) in [6, 6.07) is 0. The van der Waals surface area contributed by atoms with Crippen molar-refractivity contribution >= 4 is 33.5 Å². The second-order valence-corrected chi connectivity index (χ2v) is 18.8. The van der Waals surface area contributed by atoms with E-state index in [9.17, 15) is 19.8 Å². The maximum Gasteiger partial charge on any atom is 0.340 e. The molecule has 8 nitrogen and oxygen atoms in total. The minimum atomic E-state index is -0.698. The standard InChI is InChI=1S/C39H54N2O6S2/c1-3-38(14-4-5-15-38)20-28-27-10-9-26-25-12-16-39(33(26)32(27)35(43)46-28)29-11-8-22(2)37(45)49-48-21-41-30-19-23(13-17-40-30)24(7-6-18-42)31(25)34(39)36(44)47-29/h11,20,22-26,30,33,37,40-42,45H,3-10,12-19,21H2,1-2H3/p+1. The van der Waals surface area contributed by atoms with Gasteiger partial charge in [-0.3, -0.25) is 5.32 Å². The molecule has 9 unspecified atom stereocenters. The molecule has 4 aliphatic heterocycles. The normalized spacial score (nSPS) is 41.1. The lowest BCUT2D eigenvalue weighted by atomic mass is 9.43. The summed E-state index contributed by atoms with van der Waals surface area (Å²) in [6.07, 6.45) is 18.2. The first-order valence-corrected chi connectivity index (χ1v) is 21.7. The summed E-state index contributed by atoms with van der Waals surface area (Å²) in [6.45, 7) is 5.48. The van der Waals surface area contributed by atoms with Crippen LogP contribution in [0.5, 0.6) is 0 Å². The number of aliphatic hydroxyl groups is 2. The fraction of sp³-hybridized carbons (Fsp3) is 0.744. The van der Waals surface area contributed by atoms with Crippen LogP contribution in [0.4, 0.5) is 0 Å². The Hall–Kier alpha value is -1.56. The van der Waals surface area contributed by atoms with Crippen molar-refractivity contribution in [1.82, 2.24) is 5.32 Å². The van der Waals surface area contributed by atoms with Gasteiger partial charge in [0, 0.05) is 36.5 Å². The van der Waals surface area contributed by atoms with E-state index in [2.05, 4.69) is 36.6 Å². The number of hydrogen-bond acceptors (Lipinski definition) is 9. The van der Waals surface area contributed by atoms with Crippen molar-refractivity contribution in [3.8, 4) is 0 Å². The van der Waals surface area contributed by atoms with Gasteiger partial charge in [-0.15, -0.1) is 0 Å². The van der Waals surface area contributed by atoms with E-state index in [-0.39, 0.29) is 59.7 Å². The molecule has 2 saturated carbocycles. The average molecular weight is 712 g/mol. The lowest BCUT2D eigenvalue weighted by Gasteiger charge is -2.58. The SMILES string of the molecule is CCC1(C=C2OC(=O)C3=C2CCC2C4CCC5(C6=CCC(C)C(O)SSCNC7CC(CC[NH2+]7)C(CCCO)C4=C5C(=O)O6)C32)CCCC1. The number of cyclic esters (lactones) is 1. The first kappa shape index (κ1) is 34.5. The molecule has 0 aromatic heterocycles. The van der Waals surface area contributed by atoms with Crippen molar-refractivity contribution in [3.63, 3.8) is 0 Å². The summed E-state index contributed by atoms with van der Waals surface area (Å²) in [5, 5.41) is 27.3. The van der Waals surface area contributed by atoms with Gasteiger partial charge in [0.2, 0.25) is 0 Å². The van der Waals surface area contributed by atoms with Crippen LogP contribution in [0.3, 0.4) is 0 Å². The molecule has 0 amide bonds. The van der Waals surface area contributed by atoms with Gasteiger partial charge in [0.1, 0.15) is 23.1 Å². The fourth-order valence-electron chi connectivity index (χ4n) is 11.6. The van der Waals surface area contributed by atoms with Gasteiger partial charge in [0.15, 0.2) is 0 Å². The zero-order valence-electron chi connectivity index (χ0n) is 29.2. The molecule has 4 fully saturated rings. The Bertz CT molecular complexity index is 1480. The number of fused-ring (bicyclic) bond motifs is 3. The van der Waals surface area contributed by atoms with Gasteiger partial charge in [-0.25, -0.2) is 9.59 Å². The second-order valence-electron chi connectivity index (χ2n) is 16.4. The highest BCUT2D eigenvalue weighted by Crippen LogP contribution is 2.72. The summed E-state index contributed by atoms with van der Waals surface area (Å²) in [5.74, 6) is 2.67. The number of ether oxygens (including phenoxy) is 2. The van der Waals surface area contributed by atoms with Crippen LogP contribution in [0.1, 0.15) is 104 Å². The zero-order valence-corrected chi connectivity index (χ0v) is 30.8. The van der Waals surface area contributed by atoms with Crippen LogP contribution >= 0.6 is 21.6 Å². The number of carbonyl (C=O) groups is 2. The third kappa shape index (κ3) is 5.74. The maximum atomic E-state index is 14.5. The molecule has 0 aromatic carbocycles. The molecule has 5 aliphatic carbocycles. The molecule has 9 aliphatic rings. The Morgan fingerprint density at radius 3 is 2.76 bits per heavy atom. The van der Waals surface area contributed by atoms with Crippen LogP contribution < -0.4 is 10.6 Å². The highest BCUT2D eigenvalue weighted by Gasteiger charge is 2.69. The predicted molar refractivity (Wildman–Crippen MR) is 191 cm³/mol. The van der Waals surface area contributed by atoms with E-state index in [0.717, 1.165) is 99.1 Å². The summed E-state index contributed by atoms with van der Waals surface area (Å²) in [4.78, 5) is 28.7. The number of esters is 2. The van der Waals surface area contributed by atoms with Gasteiger partial charge in [-0.2, -0.15) is 0 Å². The molecule has 4 heterocycles. The van der Waals surface area contributed by atoms with E-state index in [1.54, 1.807) is 10.8 Å². The third-order valence-electron chi connectivity index (χ3n) is 14.1. The number of carbonyl (C=O) groups excluding carboxylic acids is 2. The van der Waals surface area contributed by atoms with E-state index >= 15 is 0 Å². The first-order valence-electron chi connectivity index (χ1n) is 19.3. The number of nitrogens with two attached hydrogens (primary N) is 1. The lowest BCUT2D eigenvalue weighted by Crippen LogP contribution is -2.95. The van der Waals surface area contributed by atoms with E-state index in [1.165, 1.54) is 29.2 Å². The number of aliphatic hydroxyl groups excluding tert-OH is 2. The van der Waals surface area contributed by atoms with Crippen LogP contribution in [0.15, 0.2) is 46.0 Å². The molecule has 268 valence electrons. The van der Waals surface area contributed by atoms with Gasteiger partial charge in [-0.05, 0) is 111 Å². The molecule has 49 heavy (non-hydrogen) atoms. The van der Waals surface area contributed by atoms with Gasteiger partial charge in [0.25, 0.3) is 0 Å². The molecule has 10 heteroatoms. The Balaban J connectivity index is 1.30. The molecule has 0 radical (unpaired) electrons. The number of piperidine rings is 1. The fourth-order valence-corrected chi connectivity index (χ4v) is 13.8. The molecule has 2 saturated heterocycles. The van der Waals surface area contributed by atoms with Gasteiger partial charge in [-0.1, -0.05) is 53.9 Å². The van der Waals surface area contributed by atoms with Crippen molar-refractivity contribution in [2.75, 3.05) is 19.0 Å². The van der Waals surface area contributed by atoms with E-state index in [4.69, 9.17) is 9.47 Å². The van der Waals surface area contributed by atoms with Gasteiger partial charge >= 0.3 is 11.9 Å². The zero-order chi connectivity index (χ0) is 33.9. The lowest BCUT2D eigenvalue weighted by molar-refractivity contribution is -0.705. The molecule has 7 bridgehead atoms. The Kier molecular flexibility index (Phi) is 9.70. The van der Waals surface area contributed by atoms with Gasteiger partial charge < -0.3 is 25.0 Å². The Morgan fingerprint density at radius 2 is 1.96 bits per heavy atom. The second kappa shape index (κ2) is 13.8. The summed E-state index contributed by atoms with van der Waals surface area (Å²) in [5.41, 5.74) is 2.87. The number of hydrogen-bond donors (Lipinski definition) is 4. The quantitative estimate of drug-likeness (QED) is 0.206. The largest absolute Gasteiger partial charge is 0.427 e. The number of quaternary nitrogens is 1.